The summed E-state index contributed by atoms with van der Waals surface area (Å²) < 4.78 is 11.4. The number of ether oxygens (including phenoxy) is 2. The fourth-order valence-electron chi connectivity index (χ4n) is 1.30. The number of anilines is 1. The van der Waals surface area contributed by atoms with Gasteiger partial charge in [0.2, 0.25) is 0 Å². The molecule has 0 radical (unpaired) electrons. The Hall–Kier alpha value is -0.290. The molecule has 1 rings (SSSR count). The lowest BCUT2D eigenvalue weighted by atomic mass is 10.3. The maximum atomic E-state index is 6.04. The predicted octanol–water partition coefficient (Wildman–Crippen LogP) is 3.57. The van der Waals surface area contributed by atoms with Crippen LogP contribution in [0.3, 0.4) is 0 Å². The summed E-state index contributed by atoms with van der Waals surface area (Å²) in [5, 5.41) is 3.94. The summed E-state index contributed by atoms with van der Waals surface area (Å²) in [4.78, 5) is 0. The van der Waals surface area contributed by atoms with E-state index in [2.05, 4.69) is 21.2 Å². The van der Waals surface area contributed by atoms with Gasteiger partial charge in [-0.3, -0.25) is 0 Å². The van der Waals surface area contributed by atoms with Crippen LogP contribution in [0.1, 0.15) is 6.42 Å². The van der Waals surface area contributed by atoms with Crippen molar-refractivity contribution in [1.29, 1.82) is 0 Å². The third-order valence-corrected chi connectivity index (χ3v) is 2.95. The van der Waals surface area contributed by atoms with Gasteiger partial charge in [0, 0.05) is 31.3 Å². The smallest absolute Gasteiger partial charge is 0.0639 e. The van der Waals surface area contributed by atoms with Crippen LogP contribution in [0.15, 0.2) is 22.7 Å². The van der Waals surface area contributed by atoms with Crippen LogP contribution in [0.2, 0.25) is 5.02 Å². The van der Waals surface area contributed by atoms with E-state index < -0.39 is 0 Å². The van der Waals surface area contributed by atoms with E-state index in [1.807, 2.05) is 18.2 Å². The van der Waals surface area contributed by atoms with E-state index in [9.17, 15) is 0 Å². The summed E-state index contributed by atoms with van der Waals surface area (Å²) in [5.41, 5.74) is 0.918. The first kappa shape index (κ1) is 14.8. The van der Waals surface area contributed by atoms with E-state index >= 15 is 0 Å². The van der Waals surface area contributed by atoms with Crippen molar-refractivity contribution in [2.24, 2.45) is 0 Å². The van der Waals surface area contributed by atoms with E-state index in [4.69, 9.17) is 21.1 Å². The minimum atomic E-state index is 0.659. The van der Waals surface area contributed by atoms with Crippen molar-refractivity contribution >= 4 is 33.2 Å². The second-order valence-electron chi connectivity index (χ2n) is 3.51. The molecule has 0 unspecified atom stereocenters. The Morgan fingerprint density at radius 3 is 2.88 bits per heavy atom. The first-order valence-corrected chi connectivity index (χ1v) is 6.66. The number of rotatable bonds is 8. The van der Waals surface area contributed by atoms with Gasteiger partial charge < -0.3 is 14.8 Å². The average molecular weight is 323 g/mol. The second-order valence-corrected chi connectivity index (χ2v) is 4.83. The summed E-state index contributed by atoms with van der Waals surface area (Å²) in [6, 6.07) is 5.72. The highest BCUT2D eigenvalue weighted by atomic mass is 79.9. The minimum absolute atomic E-state index is 0.659. The maximum Gasteiger partial charge on any atom is 0.0639 e. The Morgan fingerprint density at radius 1 is 1.29 bits per heavy atom. The van der Waals surface area contributed by atoms with Crippen molar-refractivity contribution in [3.05, 3.63) is 27.7 Å². The number of nitrogens with one attached hydrogen (secondary N) is 1. The van der Waals surface area contributed by atoms with E-state index in [1.54, 1.807) is 7.11 Å². The molecular formula is C12H17BrClNO2. The molecule has 0 heterocycles. The molecule has 0 aliphatic heterocycles. The van der Waals surface area contributed by atoms with Gasteiger partial charge in [-0.05, 0) is 24.6 Å². The van der Waals surface area contributed by atoms with Gasteiger partial charge >= 0.3 is 0 Å². The highest BCUT2D eigenvalue weighted by Crippen LogP contribution is 2.25. The molecule has 5 heteroatoms. The monoisotopic (exact) mass is 321 g/mol. The van der Waals surface area contributed by atoms with Crippen molar-refractivity contribution in [2.45, 2.75) is 6.42 Å². The normalized spacial score (nSPS) is 10.5. The largest absolute Gasteiger partial charge is 0.385 e. The summed E-state index contributed by atoms with van der Waals surface area (Å²) in [7, 11) is 1.69. The van der Waals surface area contributed by atoms with E-state index in [0.717, 1.165) is 36.3 Å². The minimum Gasteiger partial charge on any atom is -0.385 e. The van der Waals surface area contributed by atoms with Crippen LogP contribution >= 0.6 is 27.5 Å². The van der Waals surface area contributed by atoms with E-state index in [-0.39, 0.29) is 0 Å². The zero-order valence-electron chi connectivity index (χ0n) is 9.84. The summed E-state index contributed by atoms with van der Waals surface area (Å²) in [6.07, 6.45) is 0.925. The lowest BCUT2D eigenvalue weighted by molar-refractivity contribution is 0.109. The highest BCUT2D eigenvalue weighted by Gasteiger charge is 1.99. The van der Waals surface area contributed by atoms with Crippen LogP contribution in [-0.2, 0) is 9.47 Å². The molecule has 0 atom stereocenters. The molecule has 3 nitrogen and oxygen atoms in total. The predicted molar refractivity (Wildman–Crippen MR) is 75.0 cm³/mol. The molecule has 0 amide bonds. The SMILES string of the molecule is COCCCOCCNc1cc(Br)ccc1Cl. The number of hydrogen-bond donors (Lipinski definition) is 1. The van der Waals surface area contributed by atoms with Crippen molar-refractivity contribution in [2.75, 3.05) is 38.8 Å². The van der Waals surface area contributed by atoms with Crippen LogP contribution in [0.4, 0.5) is 5.69 Å². The molecule has 1 aromatic rings. The fraction of sp³-hybridized carbons (Fsp3) is 0.500. The number of methoxy groups -OCH3 is 1. The number of benzene rings is 1. The van der Waals surface area contributed by atoms with Crippen molar-refractivity contribution in [1.82, 2.24) is 0 Å². The molecule has 0 aliphatic carbocycles. The van der Waals surface area contributed by atoms with Gasteiger partial charge in [0.1, 0.15) is 0 Å². The first-order valence-electron chi connectivity index (χ1n) is 5.49. The molecule has 0 saturated heterocycles. The first-order chi connectivity index (χ1) is 8.24. The average Bonchev–Trinajstić information content (AvgIpc) is 2.32. The third-order valence-electron chi connectivity index (χ3n) is 2.13. The Bertz CT molecular complexity index is 336. The zero-order chi connectivity index (χ0) is 12.5. The molecule has 0 fully saturated rings. The van der Waals surface area contributed by atoms with Crippen molar-refractivity contribution in [3.63, 3.8) is 0 Å². The maximum absolute atomic E-state index is 6.04. The lowest BCUT2D eigenvalue weighted by Gasteiger charge is -2.09. The van der Waals surface area contributed by atoms with Crippen LogP contribution in [0.5, 0.6) is 0 Å². The van der Waals surface area contributed by atoms with Gasteiger partial charge in [0.05, 0.1) is 17.3 Å². The van der Waals surface area contributed by atoms with Crippen LogP contribution in [-0.4, -0.2) is 33.5 Å². The molecule has 0 bridgehead atoms. The summed E-state index contributed by atoms with van der Waals surface area (Å²) in [6.45, 7) is 2.86. The number of halogens is 2. The standard InChI is InChI=1S/C12H17BrClNO2/c1-16-6-2-7-17-8-5-15-12-9-10(13)3-4-11(12)14/h3-4,9,15H,2,5-8H2,1H3. The summed E-state index contributed by atoms with van der Waals surface area (Å²) >= 11 is 9.44. The van der Waals surface area contributed by atoms with Gasteiger partial charge in [-0.15, -0.1) is 0 Å². The summed E-state index contributed by atoms with van der Waals surface area (Å²) in [5.74, 6) is 0. The highest BCUT2D eigenvalue weighted by molar-refractivity contribution is 9.10. The van der Waals surface area contributed by atoms with Gasteiger partial charge in [-0.25, -0.2) is 0 Å². The van der Waals surface area contributed by atoms with Crippen molar-refractivity contribution < 1.29 is 9.47 Å². The second kappa shape index (κ2) is 8.75. The molecule has 0 saturated carbocycles. The van der Waals surface area contributed by atoms with Gasteiger partial charge in [-0.2, -0.15) is 0 Å². The van der Waals surface area contributed by atoms with Gasteiger partial charge in [-0.1, -0.05) is 27.5 Å². The Balaban J connectivity index is 2.15. The molecule has 0 spiro atoms. The molecular weight excluding hydrogens is 305 g/mol. The topological polar surface area (TPSA) is 30.5 Å². The van der Waals surface area contributed by atoms with Crippen LogP contribution in [0, 0.1) is 0 Å². The Labute approximate surface area is 116 Å². The van der Waals surface area contributed by atoms with E-state index in [1.165, 1.54) is 0 Å². The molecule has 17 heavy (non-hydrogen) atoms. The number of hydrogen-bond acceptors (Lipinski definition) is 3. The Kier molecular flexibility index (Phi) is 7.60. The van der Waals surface area contributed by atoms with Gasteiger partial charge in [0.15, 0.2) is 0 Å². The quantitative estimate of drug-likeness (QED) is 0.742. The van der Waals surface area contributed by atoms with Crippen LogP contribution in [0.25, 0.3) is 0 Å². The molecule has 0 aromatic heterocycles. The van der Waals surface area contributed by atoms with Gasteiger partial charge in [0.25, 0.3) is 0 Å². The fourth-order valence-corrected chi connectivity index (χ4v) is 1.84. The molecule has 0 aliphatic rings. The Morgan fingerprint density at radius 2 is 2.12 bits per heavy atom. The molecule has 1 aromatic carbocycles. The van der Waals surface area contributed by atoms with Crippen molar-refractivity contribution in [3.8, 4) is 0 Å². The zero-order valence-corrected chi connectivity index (χ0v) is 12.2. The van der Waals surface area contributed by atoms with E-state index in [0.29, 0.717) is 11.6 Å². The molecule has 96 valence electrons. The van der Waals surface area contributed by atoms with Crippen LogP contribution < -0.4 is 5.32 Å². The third kappa shape index (κ3) is 6.27. The molecule has 1 N–H and O–H groups in total. The lowest BCUT2D eigenvalue weighted by Crippen LogP contribution is -2.11.